The van der Waals surface area contributed by atoms with Crippen LogP contribution in [0, 0.1) is 0 Å². The summed E-state index contributed by atoms with van der Waals surface area (Å²) in [5.74, 6) is -0.123. The Morgan fingerprint density at radius 2 is 1.71 bits per heavy atom. The number of nitrogens with two attached hydrogens (primary N) is 2. The number of carbonyl (C=O) groups excluding carboxylic acids is 2. The molecule has 0 unspecified atom stereocenters. The van der Waals surface area contributed by atoms with E-state index in [1.165, 1.54) is 28.9 Å². The lowest BCUT2D eigenvalue weighted by molar-refractivity contribution is -0.206. The Hall–Kier alpha value is -4.57. The third kappa shape index (κ3) is 7.15. The Kier molecular flexibility index (Phi) is 8.53. The highest BCUT2D eigenvalue weighted by atomic mass is 35.5. The molecule has 2 heterocycles. The number of nitrogens with zero attached hydrogens (tertiary/aromatic N) is 6. The summed E-state index contributed by atoms with van der Waals surface area (Å²) in [5.41, 5.74) is 9.54. The van der Waals surface area contributed by atoms with Crippen molar-refractivity contribution in [1.29, 1.82) is 0 Å². The molecule has 4 aromatic rings. The Morgan fingerprint density at radius 3 is 2.32 bits per heavy atom. The van der Waals surface area contributed by atoms with Crippen LogP contribution in [-0.2, 0) is 29.2 Å². The van der Waals surface area contributed by atoms with E-state index in [-0.39, 0.29) is 23.0 Å². The standard InChI is InChI=1S/C23H19Cl2F3N8O5/c24-13-6-4-12(5-7-13)19-33-35(22(39)34(19)9-16(23(26,27)28)41-21(30)38)10-17-31-18(11-40-20(29)37)36(32-17)15-3-1-2-14(25)8-15/h1-8,16H,9-11H2,(H2,29,37)(H2,30,38)/t16-/m0/s1. The highest BCUT2D eigenvalue weighted by Gasteiger charge is 2.44. The van der Waals surface area contributed by atoms with E-state index in [2.05, 4.69) is 19.9 Å². The van der Waals surface area contributed by atoms with Gasteiger partial charge in [-0.15, -0.1) is 10.2 Å². The lowest BCUT2D eigenvalue weighted by Gasteiger charge is -2.20. The minimum atomic E-state index is -5.06. The molecule has 2 aromatic heterocycles. The van der Waals surface area contributed by atoms with Gasteiger partial charge in [0.25, 0.3) is 0 Å². The number of aromatic nitrogens is 6. The SMILES string of the molecule is NC(=O)OCc1nc(Cn2nc(-c3ccc(Cl)cc3)n(C[C@H](OC(N)=O)C(F)(F)F)c2=O)nn1-c1cccc(Cl)c1. The van der Waals surface area contributed by atoms with Crippen molar-refractivity contribution in [3.05, 3.63) is 80.7 Å². The van der Waals surface area contributed by atoms with Crippen molar-refractivity contribution < 1.29 is 32.2 Å². The first-order chi connectivity index (χ1) is 19.3. The van der Waals surface area contributed by atoms with Crippen molar-refractivity contribution in [3.63, 3.8) is 0 Å². The summed E-state index contributed by atoms with van der Waals surface area (Å²) in [6.07, 6.45) is -10.6. The molecule has 0 aliphatic rings. The maximum absolute atomic E-state index is 13.6. The zero-order valence-corrected chi connectivity index (χ0v) is 22.1. The maximum atomic E-state index is 13.6. The van der Waals surface area contributed by atoms with E-state index in [9.17, 15) is 27.6 Å². The molecule has 18 heteroatoms. The van der Waals surface area contributed by atoms with Gasteiger partial charge in [-0.1, -0.05) is 29.3 Å². The lowest BCUT2D eigenvalue weighted by Crippen LogP contribution is -2.41. The Morgan fingerprint density at radius 1 is 1.00 bits per heavy atom. The quantitative estimate of drug-likeness (QED) is 0.288. The summed E-state index contributed by atoms with van der Waals surface area (Å²) in [6, 6.07) is 12.2. The maximum Gasteiger partial charge on any atom is 0.427 e. The molecule has 13 nitrogen and oxygen atoms in total. The summed E-state index contributed by atoms with van der Waals surface area (Å²) in [7, 11) is 0. The van der Waals surface area contributed by atoms with Crippen LogP contribution in [0.15, 0.2) is 53.3 Å². The first-order valence-electron chi connectivity index (χ1n) is 11.4. The average molecular weight is 615 g/mol. The topological polar surface area (TPSA) is 175 Å². The highest BCUT2D eigenvalue weighted by molar-refractivity contribution is 6.31. The van der Waals surface area contributed by atoms with Crippen molar-refractivity contribution in [3.8, 4) is 17.1 Å². The Balaban J connectivity index is 1.78. The van der Waals surface area contributed by atoms with Gasteiger partial charge in [0.2, 0.25) is 6.10 Å². The molecule has 0 spiro atoms. The van der Waals surface area contributed by atoms with Gasteiger partial charge in [-0.25, -0.2) is 28.7 Å². The fourth-order valence-corrected chi connectivity index (χ4v) is 3.98. The van der Waals surface area contributed by atoms with E-state index in [1.54, 1.807) is 24.3 Å². The van der Waals surface area contributed by atoms with Crippen LogP contribution < -0.4 is 17.2 Å². The van der Waals surface area contributed by atoms with Crippen molar-refractivity contribution in [2.45, 2.75) is 32.0 Å². The third-order valence-electron chi connectivity index (χ3n) is 5.40. The van der Waals surface area contributed by atoms with E-state index in [0.29, 0.717) is 20.3 Å². The van der Waals surface area contributed by atoms with Crippen LogP contribution in [0.4, 0.5) is 22.8 Å². The summed E-state index contributed by atoms with van der Waals surface area (Å²) in [5, 5.41) is 9.20. The van der Waals surface area contributed by atoms with Crippen LogP contribution in [0.3, 0.4) is 0 Å². The zero-order chi connectivity index (χ0) is 29.9. The number of benzene rings is 2. The number of primary amides is 2. The first kappa shape index (κ1) is 29.4. The number of hydrogen-bond acceptors (Lipinski definition) is 8. The first-order valence-corrected chi connectivity index (χ1v) is 12.2. The second-order valence-corrected chi connectivity index (χ2v) is 9.16. The molecule has 2 aromatic carbocycles. The number of hydrogen-bond donors (Lipinski definition) is 2. The molecule has 0 radical (unpaired) electrons. The number of rotatable bonds is 9. The molecule has 0 saturated carbocycles. The van der Waals surface area contributed by atoms with E-state index in [1.807, 2.05) is 0 Å². The summed E-state index contributed by atoms with van der Waals surface area (Å²) < 4.78 is 52.8. The van der Waals surface area contributed by atoms with Crippen LogP contribution in [0.5, 0.6) is 0 Å². The molecule has 216 valence electrons. The molecule has 0 aliphatic heterocycles. The lowest BCUT2D eigenvalue weighted by atomic mass is 10.2. The molecule has 0 saturated heterocycles. The summed E-state index contributed by atoms with van der Waals surface area (Å²) >= 11 is 12.0. The number of carbonyl (C=O) groups is 2. The molecule has 0 aliphatic carbocycles. The van der Waals surface area contributed by atoms with E-state index in [0.717, 1.165) is 4.68 Å². The highest BCUT2D eigenvalue weighted by Crippen LogP contribution is 2.26. The van der Waals surface area contributed by atoms with Crippen molar-refractivity contribution in [2.75, 3.05) is 0 Å². The largest absolute Gasteiger partial charge is 0.441 e. The van der Waals surface area contributed by atoms with Crippen LogP contribution >= 0.6 is 23.2 Å². The van der Waals surface area contributed by atoms with Crippen LogP contribution in [-0.4, -0.2) is 53.6 Å². The predicted molar refractivity (Wildman–Crippen MR) is 137 cm³/mol. The molecular weight excluding hydrogens is 596 g/mol. The molecular formula is C23H19Cl2F3N8O5. The number of halogens is 5. The third-order valence-corrected chi connectivity index (χ3v) is 5.89. The van der Waals surface area contributed by atoms with Gasteiger partial charge in [0.15, 0.2) is 24.1 Å². The van der Waals surface area contributed by atoms with Gasteiger partial charge in [-0.05, 0) is 42.5 Å². The minimum Gasteiger partial charge on any atom is -0.441 e. The fourth-order valence-electron chi connectivity index (χ4n) is 3.67. The normalized spacial score (nSPS) is 12.2. The molecule has 2 amide bonds. The monoisotopic (exact) mass is 614 g/mol. The van der Waals surface area contributed by atoms with Gasteiger partial charge >= 0.3 is 24.1 Å². The summed E-state index contributed by atoms with van der Waals surface area (Å²) in [6.45, 7) is -1.96. The zero-order valence-electron chi connectivity index (χ0n) is 20.6. The van der Waals surface area contributed by atoms with Crippen molar-refractivity contribution in [1.82, 2.24) is 29.1 Å². The molecule has 0 fully saturated rings. The minimum absolute atomic E-state index is 0.0248. The van der Waals surface area contributed by atoms with Gasteiger partial charge in [-0.3, -0.25) is 4.57 Å². The number of amides is 2. The second-order valence-electron chi connectivity index (χ2n) is 8.29. The predicted octanol–water partition coefficient (Wildman–Crippen LogP) is 3.27. The van der Waals surface area contributed by atoms with Gasteiger partial charge < -0.3 is 20.9 Å². The Bertz CT molecular complexity index is 1640. The second kappa shape index (κ2) is 11.9. The van der Waals surface area contributed by atoms with Crippen molar-refractivity contribution >= 4 is 35.4 Å². The molecule has 0 bridgehead atoms. The molecule has 4 rings (SSSR count). The van der Waals surface area contributed by atoms with Crippen LogP contribution in [0.1, 0.15) is 11.6 Å². The van der Waals surface area contributed by atoms with E-state index < -0.39 is 49.9 Å². The molecule has 1 atom stereocenters. The Labute approximate surface area is 238 Å². The summed E-state index contributed by atoms with van der Waals surface area (Å²) in [4.78, 5) is 39.9. The van der Waals surface area contributed by atoms with Gasteiger partial charge in [0.05, 0.1) is 12.2 Å². The fraction of sp³-hybridized carbons (Fsp3) is 0.217. The smallest absolute Gasteiger partial charge is 0.427 e. The van der Waals surface area contributed by atoms with Crippen LogP contribution in [0.2, 0.25) is 10.0 Å². The van der Waals surface area contributed by atoms with Gasteiger partial charge in [-0.2, -0.15) is 13.2 Å². The molecule has 41 heavy (non-hydrogen) atoms. The van der Waals surface area contributed by atoms with Gasteiger partial charge in [0, 0.05) is 15.6 Å². The molecule has 4 N–H and O–H groups in total. The number of alkyl halides is 3. The van der Waals surface area contributed by atoms with E-state index >= 15 is 0 Å². The van der Waals surface area contributed by atoms with E-state index in [4.69, 9.17) is 39.4 Å². The van der Waals surface area contributed by atoms with Crippen LogP contribution in [0.25, 0.3) is 17.1 Å². The van der Waals surface area contributed by atoms with Gasteiger partial charge in [0.1, 0.15) is 6.54 Å². The number of ether oxygens (including phenoxy) is 2. The van der Waals surface area contributed by atoms with Crippen molar-refractivity contribution in [2.24, 2.45) is 11.5 Å². The average Bonchev–Trinajstić information content (AvgIpc) is 3.43.